The maximum atomic E-state index is 13.3. The smallest absolute Gasteiger partial charge is 0.263 e. The van der Waals surface area contributed by atoms with Crippen LogP contribution in [0, 0.1) is 6.92 Å². The van der Waals surface area contributed by atoms with Crippen molar-refractivity contribution in [1.29, 1.82) is 0 Å². The fourth-order valence-corrected chi connectivity index (χ4v) is 6.26. The largest absolute Gasteiger partial charge is 0.344 e. The number of nitrogens with one attached hydrogen (secondary N) is 1. The number of hydrogen-bond donors (Lipinski definition) is 2. The van der Waals surface area contributed by atoms with Gasteiger partial charge in [0.2, 0.25) is 11.8 Å². The molecule has 0 bridgehead atoms. The van der Waals surface area contributed by atoms with Gasteiger partial charge in [-0.05, 0) is 49.7 Å². The molecule has 196 valence electrons. The predicted octanol–water partition coefficient (Wildman–Crippen LogP) is 4.05. The van der Waals surface area contributed by atoms with Gasteiger partial charge >= 0.3 is 0 Å². The second-order valence-corrected chi connectivity index (χ2v) is 11.2. The van der Waals surface area contributed by atoms with Gasteiger partial charge in [-0.3, -0.25) is 14.3 Å². The molecule has 0 saturated carbocycles. The number of fused-ring (bicyclic) bond motifs is 1. The Morgan fingerprint density at radius 2 is 1.86 bits per heavy atom. The summed E-state index contributed by atoms with van der Waals surface area (Å²) >= 11 is 1.19. The lowest BCUT2D eigenvalue weighted by Crippen LogP contribution is -2.53. The fourth-order valence-electron chi connectivity index (χ4n) is 4.47. The normalized spacial score (nSPS) is 14.9. The monoisotopic (exact) mass is 542 g/mol. The van der Waals surface area contributed by atoms with Crippen molar-refractivity contribution in [2.45, 2.75) is 24.8 Å². The molecule has 1 saturated heterocycles. The first-order valence-electron chi connectivity index (χ1n) is 11.4. The number of sulfonamides is 1. The molecule has 3 heterocycles. The van der Waals surface area contributed by atoms with Crippen molar-refractivity contribution >= 4 is 54.9 Å². The predicted molar refractivity (Wildman–Crippen MR) is 147 cm³/mol. The molecule has 0 radical (unpaired) electrons. The third-order valence-electron chi connectivity index (χ3n) is 6.36. The molecule has 4 aromatic rings. The fraction of sp³-hybridized carbons (Fsp3) is 0.240. The lowest BCUT2D eigenvalue weighted by Gasteiger charge is -2.35. The average molecular weight is 543 g/mol. The Labute approximate surface area is 220 Å². The number of aromatic nitrogens is 2. The van der Waals surface area contributed by atoms with Crippen LogP contribution in [-0.4, -0.2) is 54.3 Å². The van der Waals surface area contributed by atoms with Gasteiger partial charge in [0.1, 0.15) is 12.6 Å². The van der Waals surface area contributed by atoms with Crippen molar-refractivity contribution in [3.05, 3.63) is 71.9 Å². The first kappa shape index (κ1) is 26.3. The van der Waals surface area contributed by atoms with Crippen LogP contribution in [0.25, 0.3) is 10.9 Å². The van der Waals surface area contributed by atoms with Crippen molar-refractivity contribution in [1.82, 2.24) is 20.6 Å². The molecule has 12 heteroatoms. The van der Waals surface area contributed by atoms with Crippen molar-refractivity contribution < 1.29 is 19.4 Å². The van der Waals surface area contributed by atoms with E-state index >= 15 is 0 Å². The molecule has 0 spiro atoms. The summed E-state index contributed by atoms with van der Waals surface area (Å²) in [6, 6.07) is 13.6. The third-order valence-corrected chi connectivity index (χ3v) is 8.53. The van der Waals surface area contributed by atoms with Gasteiger partial charge in [0, 0.05) is 48.9 Å². The summed E-state index contributed by atoms with van der Waals surface area (Å²) in [6.45, 7) is 4.55. The van der Waals surface area contributed by atoms with Gasteiger partial charge in [-0.25, -0.2) is 13.4 Å². The topological polar surface area (TPSA) is 140 Å². The number of carbonyl (C=O) groups excluding carboxylic acids is 2. The number of rotatable bonds is 6. The zero-order valence-corrected chi connectivity index (χ0v) is 22.1. The Bertz CT molecular complexity index is 1540. The summed E-state index contributed by atoms with van der Waals surface area (Å²) in [5, 5.41) is 3.07. The van der Waals surface area contributed by atoms with E-state index in [-0.39, 0.29) is 36.0 Å². The molecular formula is C25H30N6O4S2. The lowest BCUT2D eigenvalue weighted by atomic mass is 10.2. The van der Waals surface area contributed by atoms with Crippen LogP contribution in [-0.2, 0) is 19.6 Å². The van der Waals surface area contributed by atoms with Crippen LogP contribution < -0.4 is 15.8 Å². The number of anilines is 2. The molecule has 1 atom stereocenters. The molecule has 0 aliphatic carbocycles. The second kappa shape index (κ2) is 10.3. The van der Waals surface area contributed by atoms with Crippen molar-refractivity contribution in [2.24, 2.45) is 0 Å². The van der Waals surface area contributed by atoms with E-state index in [0.29, 0.717) is 18.8 Å². The Balaban J connectivity index is 0.00000200. The summed E-state index contributed by atoms with van der Waals surface area (Å²) in [6.07, 6.45) is 3.49. The van der Waals surface area contributed by atoms with E-state index in [0.717, 1.165) is 16.5 Å². The van der Waals surface area contributed by atoms with E-state index < -0.39 is 16.1 Å². The van der Waals surface area contributed by atoms with Crippen molar-refractivity contribution in [3.63, 3.8) is 0 Å². The van der Waals surface area contributed by atoms with Crippen molar-refractivity contribution in [3.8, 4) is 0 Å². The molecule has 2 amide bonds. The number of amides is 2. The molecule has 1 unspecified atom stereocenters. The van der Waals surface area contributed by atoms with Gasteiger partial charge in [-0.15, -0.1) is 11.3 Å². The first-order valence-corrected chi connectivity index (χ1v) is 13.8. The van der Waals surface area contributed by atoms with E-state index in [2.05, 4.69) is 9.71 Å². The van der Waals surface area contributed by atoms with Gasteiger partial charge < -0.3 is 20.5 Å². The summed E-state index contributed by atoms with van der Waals surface area (Å²) in [7, 11) is -3.77. The number of hydrogen-bond acceptors (Lipinski definition) is 7. The molecule has 2 aromatic carbocycles. The van der Waals surface area contributed by atoms with Gasteiger partial charge in [0.15, 0.2) is 5.13 Å². The molecule has 10 nitrogen and oxygen atoms in total. The maximum Gasteiger partial charge on any atom is 0.263 e. The highest BCUT2D eigenvalue weighted by atomic mass is 32.2. The summed E-state index contributed by atoms with van der Waals surface area (Å²) in [5.74, 6) is -0.328. The van der Waals surface area contributed by atoms with Crippen LogP contribution >= 0.6 is 11.3 Å². The second-order valence-electron chi connectivity index (χ2n) is 8.65. The Morgan fingerprint density at radius 3 is 2.54 bits per heavy atom. The Kier molecular flexibility index (Phi) is 7.35. The van der Waals surface area contributed by atoms with E-state index in [1.165, 1.54) is 29.7 Å². The summed E-state index contributed by atoms with van der Waals surface area (Å²) in [5.41, 5.74) is 2.67. The summed E-state index contributed by atoms with van der Waals surface area (Å²) in [4.78, 5) is 33.4. The maximum absolute atomic E-state index is 13.3. The highest BCUT2D eigenvalue weighted by Crippen LogP contribution is 2.27. The SMILES string of the molecule is Cc1cn(C(C)C(=O)N2CCN(c3ccc(S(=O)(=O)Nc4nccs4)cc3)C(=O)C2)c2ccccc12.N.[HH]. The average Bonchev–Trinajstić information content (AvgIpc) is 3.50. The molecule has 2 aromatic heterocycles. The number of para-hydroxylation sites is 1. The van der Waals surface area contributed by atoms with Gasteiger partial charge in [-0.2, -0.15) is 0 Å². The Hall–Kier alpha value is -3.74. The van der Waals surface area contributed by atoms with Crippen LogP contribution in [0.3, 0.4) is 0 Å². The van der Waals surface area contributed by atoms with Crippen LogP contribution in [0.2, 0.25) is 0 Å². The van der Waals surface area contributed by atoms with E-state index in [1.807, 2.05) is 48.9 Å². The highest BCUT2D eigenvalue weighted by Gasteiger charge is 2.31. The molecule has 5 rings (SSSR count). The van der Waals surface area contributed by atoms with E-state index in [4.69, 9.17) is 0 Å². The molecule has 1 aliphatic rings. The van der Waals surface area contributed by atoms with Gasteiger partial charge in [0.05, 0.1) is 4.90 Å². The summed E-state index contributed by atoms with van der Waals surface area (Å²) < 4.78 is 29.5. The lowest BCUT2D eigenvalue weighted by molar-refractivity contribution is -0.139. The molecule has 4 N–H and O–H groups in total. The standard InChI is InChI=1S/C25H25N5O4S2.H3N.H2/c1-17-15-30(22-6-4-3-5-21(17)22)18(2)24(32)28-12-13-29(23(31)16-28)19-7-9-20(10-8-19)36(33,34)27-25-26-11-14-35-25;;/h3-11,14-15,18H,12-13,16H2,1-2H3,(H,26,27);1H3;1H. The highest BCUT2D eigenvalue weighted by molar-refractivity contribution is 7.93. The number of piperazine rings is 1. The number of carbonyl (C=O) groups is 2. The van der Waals surface area contributed by atoms with Gasteiger partial charge in [0.25, 0.3) is 10.0 Å². The third kappa shape index (κ3) is 5.08. The Morgan fingerprint density at radius 1 is 1.14 bits per heavy atom. The van der Waals surface area contributed by atoms with Crippen LogP contribution in [0.1, 0.15) is 20.0 Å². The van der Waals surface area contributed by atoms with Gasteiger partial charge in [-0.1, -0.05) is 18.2 Å². The molecule has 37 heavy (non-hydrogen) atoms. The molecular weight excluding hydrogens is 512 g/mol. The first-order chi connectivity index (χ1) is 17.2. The van der Waals surface area contributed by atoms with E-state index in [9.17, 15) is 18.0 Å². The molecule has 1 aliphatic heterocycles. The number of thiazole rings is 1. The van der Waals surface area contributed by atoms with E-state index in [1.54, 1.807) is 27.3 Å². The minimum absolute atomic E-state index is 0. The zero-order chi connectivity index (χ0) is 25.4. The zero-order valence-electron chi connectivity index (χ0n) is 20.5. The number of aryl methyl sites for hydroxylation is 1. The number of nitrogens with zero attached hydrogens (tertiary/aromatic N) is 4. The van der Waals surface area contributed by atoms with Crippen LogP contribution in [0.15, 0.2) is 71.2 Å². The van der Waals surface area contributed by atoms with Crippen LogP contribution in [0.4, 0.5) is 10.8 Å². The minimum Gasteiger partial charge on any atom is -0.344 e. The quantitative estimate of drug-likeness (QED) is 0.377. The minimum atomic E-state index is -3.77. The number of benzene rings is 2. The van der Waals surface area contributed by atoms with Crippen LogP contribution in [0.5, 0.6) is 0 Å². The molecule has 1 fully saturated rings. The van der Waals surface area contributed by atoms with Crippen molar-refractivity contribution in [2.75, 3.05) is 29.3 Å².